The van der Waals surface area contributed by atoms with Gasteiger partial charge in [0.2, 0.25) is 10.0 Å². The third-order valence-electron chi connectivity index (χ3n) is 10.6. The Morgan fingerprint density at radius 3 is 1.91 bits per heavy atom. The molecule has 0 bridgehead atoms. The number of sulfonamides is 1. The number of rotatable bonds is 8. The Bertz CT molecular complexity index is 1460. The van der Waals surface area contributed by atoms with E-state index >= 15 is 0 Å². The number of benzene rings is 2. The molecule has 1 N–H and O–H groups in total. The van der Waals surface area contributed by atoms with Crippen LogP contribution in [-0.2, 0) is 20.2 Å². The molecule has 2 aromatic rings. The summed E-state index contributed by atoms with van der Waals surface area (Å²) in [7, 11) is -3.56. The number of piperidine rings is 1. The number of nitrogens with one attached hydrogen (secondary N) is 1. The summed E-state index contributed by atoms with van der Waals surface area (Å²) in [5, 5.41) is 0. The van der Waals surface area contributed by atoms with Gasteiger partial charge in [0, 0.05) is 77.8 Å². The summed E-state index contributed by atoms with van der Waals surface area (Å²) in [4.78, 5) is 3.73. The maximum Gasteiger partial charge on any atom is 0.281 e. The lowest BCUT2D eigenvalue weighted by atomic mass is 9.89. The minimum absolute atomic E-state index is 0.160. The molecule has 2 heterocycles. The van der Waals surface area contributed by atoms with E-state index in [0.29, 0.717) is 49.5 Å². The van der Waals surface area contributed by atoms with Gasteiger partial charge in [-0.25, -0.2) is 8.42 Å². The van der Waals surface area contributed by atoms with Crippen molar-refractivity contribution in [3.8, 4) is 0 Å². The van der Waals surface area contributed by atoms with Crippen LogP contribution in [0.4, 0.5) is 5.69 Å². The van der Waals surface area contributed by atoms with Crippen molar-refractivity contribution in [2.45, 2.75) is 75.5 Å². The predicted molar refractivity (Wildman–Crippen MR) is 191 cm³/mol. The maximum atomic E-state index is 14.2. The van der Waals surface area contributed by atoms with Crippen LogP contribution in [-0.4, -0.2) is 103 Å². The average Bonchev–Trinajstić information content (AvgIpc) is 3.07. The molecule has 0 amide bonds. The smallest absolute Gasteiger partial charge is 0.281 e. The van der Waals surface area contributed by atoms with Gasteiger partial charge in [-0.15, -0.1) is 0 Å². The van der Waals surface area contributed by atoms with Gasteiger partial charge >= 0.3 is 0 Å². The first kappa shape index (κ1) is 36.3. The maximum absolute atomic E-state index is 14.2. The first-order valence-corrected chi connectivity index (χ1v) is 20.8. The van der Waals surface area contributed by atoms with E-state index < -0.39 is 20.2 Å². The van der Waals surface area contributed by atoms with Crippen molar-refractivity contribution in [3.05, 3.63) is 60.2 Å². The zero-order valence-electron chi connectivity index (χ0n) is 28.9. The average molecular weight is 689 g/mol. The number of quaternary nitrogens is 1. The number of hydrogen-bond acceptors (Lipinski definition) is 5. The second-order valence-corrected chi connectivity index (χ2v) is 18.3. The van der Waals surface area contributed by atoms with Crippen molar-refractivity contribution in [2.24, 2.45) is 11.8 Å². The first-order valence-electron chi connectivity index (χ1n) is 18.0. The van der Waals surface area contributed by atoms with E-state index in [1.807, 2.05) is 44.1 Å². The summed E-state index contributed by atoms with van der Waals surface area (Å²) in [5.74, 6) is 0.912. The van der Waals surface area contributed by atoms with E-state index in [2.05, 4.69) is 24.3 Å². The van der Waals surface area contributed by atoms with Crippen LogP contribution in [0.5, 0.6) is 0 Å². The second-order valence-electron chi connectivity index (χ2n) is 14.5. The molecular weight excluding hydrogens is 631 g/mol. The van der Waals surface area contributed by atoms with E-state index in [0.717, 1.165) is 51.0 Å². The summed E-state index contributed by atoms with van der Waals surface area (Å²) in [6, 6.07) is 17.5. The van der Waals surface area contributed by atoms with Gasteiger partial charge in [0.15, 0.2) is 0 Å². The third kappa shape index (κ3) is 9.57. The highest BCUT2D eigenvalue weighted by atomic mass is 32.2. The molecule has 2 aliphatic heterocycles. The van der Waals surface area contributed by atoms with Gasteiger partial charge in [0.05, 0.1) is 24.5 Å². The Hall–Kier alpha value is -2.02. The number of hydrogen-bond donors (Lipinski definition) is 1. The molecule has 1 saturated carbocycles. The molecule has 3 fully saturated rings. The van der Waals surface area contributed by atoms with Crippen molar-refractivity contribution in [1.29, 1.82) is 0 Å². The van der Waals surface area contributed by atoms with Crippen molar-refractivity contribution in [3.63, 3.8) is 0 Å². The van der Waals surface area contributed by atoms with Crippen LogP contribution in [0.3, 0.4) is 0 Å². The third-order valence-corrected chi connectivity index (χ3v) is 14.5. The number of nitrogens with zero attached hydrogens (tertiary/aromatic N) is 4. The molecule has 11 heteroatoms. The summed E-state index contributed by atoms with van der Waals surface area (Å²) in [6.07, 6.45) is 9.67. The Balaban J connectivity index is 1.34. The van der Waals surface area contributed by atoms with Crippen LogP contribution < -0.4 is 9.80 Å². The summed E-state index contributed by atoms with van der Waals surface area (Å²) < 4.78 is 61.6. The van der Waals surface area contributed by atoms with Crippen molar-refractivity contribution < 1.29 is 21.7 Å². The van der Waals surface area contributed by atoms with Gasteiger partial charge in [-0.05, 0) is 67.3 Å². The fourth-order valence-electron chi connectivity index (χ4n) is 7.88. The van der Waals surface area contributed by atoms with Crippen LogP contribution >= 0.6 is 0 Å². The summed E-state index contributed by atoms with van der Waals surface area (Å²) >= 11 is 0. The standard InChI is InChI=1S/C36H57N5O4S2/c1-31-28-40(46(42,43)36-18-16-35(17-19-36)37(2)3)24-10-22-38(30-32-12-6-4-7-13-32)23-11-25-41(29-31)47(44,45)39-26-20-34(21-27-39)33-14-8-5-9-15-33/h5,8-9,14-19,31-32,34H,4,6-7,10-13,20-30H2,1-3H3/p+1. The van der Waals surface area contributed by atoms with E-state index in [4.69, 9.17) is 0 Å². The van der Waals surface area contributed by atoms with Crippen LogP contribution in [0.25, 0.3) is 0 Å². The van der Waals surface area contributed by atoms with Crippen LogP contribution in [0.2, 0.25) is 0 Å². The lowest BCUT2D eigenvalue weighted by molar-refractivity contribution is -0.904. The van der Waals surface area contributed by atoms with Gasteiger partial charge in [-0.1, -0.05) is 56.5 Å². The molecule has 2 aromatic carbocycles. The molecule has 2 unspecified atom stereocenters. The Morgan fingerprint density at radius 1 is 0.702 bits per heavy atom. The molecule has 0 radical (unpaired) electrons. The van der Waals surface area contributed by atoms with Crippen molar-refractivity contribution >= 4 is 25.9 Å². The molecule has 2 saturated heterocycles. The van der Waals surface area contributed by atoms with Crippen LogP contribution in [0.15, 0.2) is 59.5 Å². The van der Waals surface area contributed by atoms with Gasteiger partial charge in [0.25, 0.3) is 10.2 Å². The van der Waals surface area contributed by atoms with Crippen LogP contribution in [0, 0.1) is 11.8 Å². The van der Waals surface area contributed by atoms with Gasteiger partial charge in [-0.3, -0.25) is 0 Å². The fourth-order valence-corrected chi connectivity index (χ4v) is 11.3. The minimum Gasteiger partial charge on any atom is -0.378 e. The molecule has 3 aliphatic rings. The second kappa shape index (κ2) is 16.6. The zero-order valence-corrected chi connectivity index (χ0v) is 30.5. The molecule has 262 valence electrons. The summed E-state index contributed by atoms with van der Waals surface area (Å²) in [5.41, 5.74) is 2.23. The zero-order chi connectivity index (χ0) is 33.4. The molecule has 0 aromatic heterocycles. The molecular formula is C36H58N5O4S2+. The molecule has 5 rings (SSSR count). The van der Waals surface area contributed by atoms with Crippen molar-refractivity contribution in [1.82, 2.24) is 12.9 Å². The Kier molecular flexibility index (Phi) is 12.8. The van der Waals surface area contributed by atoms with Gasteiger partial charge < -0.3 is 9.80 Å². The highest BCUT2D eigenvalue weighted by Crippen LogP contribution is 2.30. The summed E-state index contributed by atoms with van der Waals surface area (Å²) in [6.45, 7) is 7.42. The lowest BCUT2D eigenvalue weighted by Crippen LogP contribution is -3.12. The minimum atomic E-state index is -3.75. The monoisotopic (exact) mass is 688 g/mol. The predicted octanol–water partition coefficient (Wildman–Crippen LogP) is 4.06. The highest BCUT2D eigenvalue weighted by molar-refractivity contribution is 7.89. The first-order chi connectivity index (χ1) is 22.5. The van der Waals surface area contributed by atoms with Crippen LogP contribution in [0.1, 0.15) is 76.2 Å². The van der Waals surface area contributed by atoms with E-state index in [1.165, 1.54) is 42.6 Å². The van der Waals surface area contributed by atoms with E-state index in [1.54, 1.807) is 25.0 Å². The lowest BCUT2D eigenvalue weighted by Gasteiger charge is -2.37. The molecule has 1 aliphatic carbocycles. The van der Waals surface area contributed by atoms with Crippen molar-refractivity contribution in [2.75, 3.05) is 77.9 Å². The Morgan fingerprint density at radius 2 is 1.30 bits per heavy atom. The molecule has 9 nitrogen and oxygen atoms in total. The van der Waals surface area contributed by atoms with E-state index in [9.17, 15) is 16.8 Å². The molecule has 0 spiro atoms. The largest absolute Gasteiger partial charge is 0.378 e. The fraction of sp³-hybridized carbons (Fsp3) is 0.667. The normalized spacial score (nSPS) is 24.7. The van der Waals surface area contributed by atoms with E-state index in [-0.39, 0.29) is 12.5 Å². The Labute approximate surface area is 285 Å². The quantitative estimate of drug-likeness (QED) is 0.453. The molecule has 2 atom stereocenters. The topological polar surface area (TPSA) is 85.7 Å². The highest BCUT2D eigenvalue weighted by Gasteiger charge is 2.36. The SMILES string of the molecule is CC1CN(S(=O)(=O)c2ccc(N(C)C)cc2)CCC[NH+](CC2CCCCC2)CCCN(S(=O)(=O)N2CCC(c3ccccc3)CC2)C1. The molecule has 47 heavy (non-hydrogen) atoms. The van der Waals surface area contributed by atoms with Gasteiger partial charge in [0.1, 0.15) is 0 Å². The number of anilines is 1. The van der Waals surface area contributed by atoms with Gasteiger partial charge in [-0.2, -0.15) is 21.3 Å².